The molecule has 0 bridgehead atoms. The molecule has 12 nitrogen and oxygen atoms in total. The van der Waals surface area contributed by atoms with Gasteiger partial charge in [-0.3, -0.25) is 19.2 Å². The Morgan fingerprint density at radius 3 is 2.66 bits per heavy atom. The molecule has 196 valence electrons. The Morgan fingerprint density at radius 2 is 1.89 bits per heavy atom. The first kappa shape index (κ1) is 25.1. The van der Waals surface area contributed by atoms with Crippen LogP contribution in [0.5, 0.6) is 0 Å². The second-order valence-corrected chi connectivity index (χ2v) is 8.99. The van der Waals surface area contributed by atoms with Crippen LogP contribution in [0, 0.1) is 0 Å². The van der Waals surface area contributed by atoms with E-state index in [1.807, 2.05) is 30.3 Å². The van der Waals surface area contributed by atoms with Crippen molar-refractivity contribution in [3.8, 4) is 11.4 Å². The smallest absolute Gasteiger partial charge is 0.355 e. The molecule has 0 spiro atoms. The molecule has 0 aliphatic carbocycles. The number of esters is 2. The molecule has 5 rings (SSSR count). The normalized spacial score (nSPS) is 17.2. The molecule has 2 aromatic heterocycles. The maximum atomic E-state index is 13.5. The van der Waals surface area contributed by atoms with Gasteiger partial charge in [-0.1, -0.05) is 25.1 Å². The average Bonchev–Trinajstić information content (AvgIpc) is 3.28. The summed E-state index contributed by atoms with van der Waals surface area (Å²) >= 11 is 0. The lowest BCUT2D eigenvalue weighted by atomic mass is 9.85. The predicted molar refractivity (Wildman–Crippen MR) is 133 cm³/mol. The van der Waals surface area contributed by atoms with E-state index in [4.69, 9.17) is 20.2 Å². The highest BCUT2D eigenvalue weighted by Gasteiger charge is 2.50. The van der Waals surface area contributed by atoms with Gasteiger partial charge in [0.25, 0.3) is 5.56 Å². The zero-order chi connectivity index (χ0) is 27.0. The van der Waals surface area contributed by atoms with Crippen molar-refractivity contribution in [1.82, 2.24) is 20.2 Å². The predicted octanol–water partition coefficient (Wildman–Crippen LogP) is -0.178. The van der Waals surface area contributed by atoms with Crippen molar-refractivity contribution in [3.63, 3.8) is 0 Å². The van der Waals surface area contributed by atoms with E-state index in [0.29, 0.717) is 17.9 Å². The third-order valence-corrected chi connectivity index (χ3v) is 6.73. The molecule has 0 saturated heterocycles. The fraction of sp³-hybridized carbons (Fsp3) is 0.308. The lowest BCUT2D eigenvalue weighted by Gasteiger charge is -2.35. The first-order valence-corrected chi connectivity index (χ1v) is 12.1. The lowest BCUT2D eigenvalue weighted by molar-refractivity contribution is -0.189. The number of hydrogen-bond donors (Lipinski definition) is 3. The maximum Gasteiger partial charge on any atom is 0.355 e. The molecule has 2 aliphatic heterocycles. The molecule has 2 amide bonds. The van der Waals surface area contributed by atoms with Gasteiger partial charge in [-0.05, 0) is 24.6 Å². The summed E-state index contributed by atoms with van der Waals surface area (Å²) in [4.78, 5) is 67.2. The van der Waals surface area contributed by atoms with Crippen LogP contribution in [-0.2, 0) is 47.4 Å². The number of nitrogens with zero attached hydrogens (tertiary/aromatic N) is 2. The van der Waals surface area contributed by atoms with Gasteiger partial charge in [0.15, 0.2) is 0 Å². The number of pyridine rings is 2. The van der Waals surface area contributed by atoms with Crippen LogP contribution in [0.15, 0.2) is 41.2 Å². The Bertz CT molecular complexity index is 1560. The zero-order valence-electron chi connectivity index (χ0n) is 20.5. The first-order valence-electron chi connectivity index (χ1n) is 12.1. The fourth-order valence-electron chi connectivity index (χ4n) is 4.80. The molecule has 4 N–H and O–H groups in total. The SMILES string of the molecule is CC[C@@]1(OC(=O)CNC(=O)CNC(=O)CN)C(=O)OCc2c1cc1n(c2=O)Cc2cc3ccccc3nc2-1. The van der Waals surface area contributed by atoms with Crippen LogP contribution in [0.25, 0.3) is 22.3 Å². The maximum absolute atomic E-state index is 13.5. The van der Waals surface area contributed by atoms with E-state index in [2.05, 4.69) is 10.6 Å². The van der Waals surface area contributed by atoms with Crippen molar-refractivity contribution in [2.24, 2.45) is 5.73 Å². The van der Waals surface area contributed by atoms with Crippen molar-refractivity contribution < 1.29 is 28.7 Å². The molecule has 3 aromatic rings. The van der Waals surface area contributed by atoms with Gasteiger partial charge in [-0.25, -0.2) is 9.78 Å². The molecule has 4 heterocycles. The third-order valence-electron chi connectivity index (χ3n) is 6.73. The molecule has 1 atom stereocenters. The van der Waals surface area contributed by atoms with E-state index < -0.39 is 35.9 Å². The fourth-order valence-corrected chi connectivity index (χ4v) is 4.80. The van der Waals surface area contributed by atoms with E-state index in [0.717, 1.165) is 16.5 Å². The highest BCUT2D eigenvalue weighted by Crippen LogP contribution is 2.40. The van der Waals surface area contributed by atoms with Crippen molar-refractivity contribution in [1.29, 1.82) is 0 Å². The van der Waals surface area contributed by atoms with Gasteiger partial charge in [0, 0.05) is 16.5 Å². The Morgan fingerprint density at radius 1 is 1.13 bits per heavy atom. The summed E-state index contributed by atoms with van der Waals surface area (Å²) in [6.07, 6.45) is -0.00796. The topological polar surface area (TPSA) is 172 Å². The number of amides is 2. The van der Waals surface area contributed by atoms with Crippen molar-refractivity contribution in [3.05, 3.63) is 63.4 Å². The number of cyclic esters (lactones) is 1. The Balaban J connectivity index is 1.47. The summed E-state index contributed by atoms with van der Waals surface area (Å²) in [6.45, 7) is 0.466. The molecule has 2 aliphatic rings. The molecule has 38 heavy (non-hydrogen) atoms. The highest BCUT2D eigenvalue weighted by atomic mass is 16.6. The zero-order valence-corrected chi connectivity index (χ0v) is 20.5. The van der Waals surface area contributed by atoms with Crippen LogP contribution in [0.4, 0.5) is 0 Å². The number of hydrogen-bond acceptors (Lipinski definition) is 9. The number of nitrogens with one attached hydrogen (secondary N) is 2. The summed E-state index contributed by atoms with van der Waals surface area (Å²) < 4.78 is 12.5. The van der Waals surface area contributed by atoms with Gasteiger partial charge < -0.3 is 30.4 Å². The number of rotatable bonds is 7. The average molecular weight is 520 g/mol. The van der Waals surface area contributed by atoms with Gasteiger partial charge in [-0.2, -0.15) is 0 Å². The van der Waals surface area contributed by atoms with Gasteiger partial charge in [0.1, 0.15) is 13.2 Å². The number of benzene rings is 1. The van der Waals surface area contributed by atoms with Crippen molar-refractivity contribution >= 4 is 34.7 Å². The van der Waals surface area contributed by atoms with Crippen LogP contribution in [0.2, 0.25) is 0 Å². The second-order valence-electron chi connectivity index (χ2n) is 8.99. The molecule has 12 heteroatoms. The minimum absolute atomic E-state index is 0.00796. The summed E-state index contributed by atoms with van der Waals surface area (Å²) in [5, 5.41) is 5.54. The number of carbonyl (C=O) groups excluding carboxylic acids is 4. The molecular weight excluding hydrogens is 494 g/mol. The minimum atomic E-state index is -1.88. The van der Waals surface area contributed by atoms with Crippen LogP contribution in [0.3, 0.4) is 0 Å². The quantitative estimate of drug-likeness (QED) is 0.280. The first-order chi connectivity index (χ1) is 18.3. The van der Waals surface area contributed by atoms with Crippen LogP contribution in [0.1, 0.15) is 30.0 Å². The Kier molecular flexibility index (Phi) is 6.41. The summed E-state index contributed by atoms with van der Waals surface area (Å²) in [5.41, 5.74) is 6.15. The van der Waals surface area contributed by atoms with Gasteiger partial charge in [-0.15, -0.1) is 0 Å². The molecule has 0 saturated carbocycles. The highest BCUT2D eigenvalue weighted by molar-refractivity contribution is 5.90. The van der Waals surface area contributed by atoms with Gasteiger partial charge in [0.2, 0.25) is 17.4 Å². The number of nitrogens with two attached hydrogens (primary N) is 1. The van der Waals surface area contributed by atoms with Gasteiger partial charge in [0.05, 0.1) is 42.1 Å². The monoisotopic (exact) mass is 519 g/mol. The number of para-hydroxylation sites is 1. The standard InChI is InChI=1S/C26H25N5O7/c1-2-26(38-22(34)11-29-21(33)10-28-20(32)9-27)17-8-19-23-15(7-14-5-3-4-6-18(14)30-23)12-31(19)24(35)16(17)13-37-25(26)36/h3-8H,2,9-13,27H2,1H3,(H,28,32)(H,29,33)/t26-/m0/s1. The second kappa shape index (κ2) is 9.71. The van der Waals surface area contributed by atoms with E-state index in [-0.39, 0.29) is 42.8 Å². The molecule has 1 aromatic carbocycles. The summed E-state index contributed by atoms with van der Waals surface area (Å²) in [5.74, 6) is -2.90. The van der Waals surface area contributed by atoms with Crippen molar-refractivity contribution in [2.75, 3.05) is 19.6 Å². The van der Waals surface area contributed by atoms with E-state index in [1.165, 1.54) is 0 Å². The third kappa shape index (κ3) is 4.18. The lowest BCUT2D eigenvalue weighted by Crippen LogP contribution is -2.49. The van der Waals surface area contributed by atoms with E-state index >= 15 is 0 Å². The van der Waals surface area contributed by atoms with Gasteiger partial charge >= 0.3 is 11.9 Å². The summed E-state index contributed by atoms with van der Waals surface area (Å²) in [6, 6.07) is 11.3. The van der Waals surface area contributed by atoms with E-state index in [9.17, 15) is 24.0 Å². The molecule has 0 unspecified atom stereocenters. The molecule has 0 radical (unpaired) electrons. The number of carbonyl (C=O) groups is 4. The number of aromatic nitrogens is 2. The number of fused-ring (bicyclic) bond motifs is 5. The Hall–Kier alpha value is -4.58. The molecule has 0 fully saturated rings. The van der Waals surface area contributed by atoms with E-state index in [1.54, 1.807) is 17.6 Å². The minimum Gasteiger partial charge on any atom is -0.457 e. The largest absolute Gasteiger partial charge is 0.457 e. The van der Waals surface area contributed by atoms with Crippen LogP contribution < -0.4 is 21.9 Å². The van der Waals surface area contributed by atoms with Crippen molar-refractivity contribution in [2.45, 2.75) is 32.1 Å². The van der Waals surface area contributed by atoms with Crippen LogP contribution in [-0.4, -0.2) is 52.9 Å². The Labute approximate surface area is 216 Å². The summed E-state index contributed by atoms with van der Waals surface area (Å²) in [7, 11) is 0. The number of ether oxygens (including phenoxy) is 2. The molecular formula is C26H25N5O7. The van der Waals surface area contributed by atoms with Crippen LogP contribution >= 0.6 is 0 Å².